The fourth-order valence-electron chi connectivity index (χ4n) is 4.95. The normalized spacial score (nSPS) is 13.5. The van der Waals surface area contributed by atoms with Gasteiger partial charge >= 0.3 is 29.8 Å². The van der Waals surface area contributed by atoms with E-state index in [4.69, 9.17) is 28.4 Å². The molecular formula is C33H30O11. The lowest BCUT2D eigenvalue weighted by atomic mass is 9.76. The van der Waals surface area contributed by atoms with Crippen molar-refractivity contribution in [3.8, 4) is 34.5 Å². The summed E-state index contributed by atoms with van der Waals surface area (Å²) in [6.07, 6.45) is 2.12. The van der Waals surface area contributed by atoms with E-state index in [-0.39, 0.29) is 28.7 Å². The van der Waals surface area contributed by atoms with Gasteiger partial charge in [0.15, 0.2) is 11.5 Å². The third kappa shape index (κ3) is 7.68. The number of carbonyl (C=O) groups excluding carboxylic acids is 5. The van der Waals surface area contributed by atoms with Gasteiger partial charge in [0.2, 0.25) is 0 Å². The molecule has 3 aromatic carbocycles. The van der Waals surface area contributed by atoms with Crippen LogP contribution in [-0.2, 0) is 30.4 Å². The second kappa shape index (κ2) is 13.2. The van der Waals surface area contributed by atoms with Crippen molar-refractivity contribution in [2.75, 3.05) is 7.11 Å². The molecule has 0 amide bonds. The van der Waals surface area contributed by atoms with Crippen molar-refractivity contribution < 1.29 is 52.4 Å². The van der Waals surface area contributed by atoms with Gasteiger partial charge in [0, 0.05) is 58.2 Å². The summed E-state index contributed by atoms with van der Waals surface area (Å²) in [6, 6.07) is 12.9. The molecule has 0 heterocycles. The van der Waals surface area contributed by atoms with Crippen LogP contribution in [0.25, 0.3) is 11.6 Å². The van der Waals surface area contributed by atoms with E-state index in [1.54, 1.807) is 42.5 Å². The van der Waals surface area contributed by atoms with E-state index in [0.29, 0.717) is 34.4 Å². The molecule has 11 nitrogen and oxygen atoms in total. The summed E-state index contributed by atoms with van der Waals surface area (Å²) in [5.74, 6) is -2.01. The number of esters is 5. The number of hydrogen-bond donors (Lipinski definition) is 0. The van der Waals surface area contributed by atoms with E-state index in [1.807, 2.05) is 0 Å². The summed E-state index contributed by atoms with van der Waals surface area (Å²) >= 11 is 0. The van der Waals surface area contributed by atoms with Gasteiger partial charge in [0.05, 0.1) is 7.11 Å². The maximum Gasteiger partial charge on any atom is 0.308 e. The van der Waals surface area contributed by atoms with Crippen LogP contribution in [-0.4, -0.2) is 37.0 Å². The zero-order chi connectivity index (χ0) is 32.1. The van der Waals surface area contributed by atoms with Crippen molar-refractivity contribution >= 4 is 41.5 Å². The molecule has 0 aromatic heterocycles. The van der Waals surface area contributed by atoms with Crippen LogP contribution < -0.4 is 28.4 Å². The number of hydrogen-bond acceptors (Lipinski definition) is 11. The minimum absolute atomic E-state index is 0.143. The Morgan fingerprint density at radius 2 is 1.11 bits per heavy atom. The Morgan fingerprint density at radius 3 is 1.64 bits per heavy atom. The topological polar surface area (TPSA) is 141 Å². The SMILES string of the molecule is COc1cc(C2Cc3cc(OC(C)=O)cc(OC(C)=O)c3C=C2c2cc(OC(C)=O)cc(OC(C)=O)c2)ccc1OC(C)=O. The van der Waals surface area contributed by atoms with E-state index in [9.17, 15) is 24.0 Å². The summed E-state index contributed by atoms with van der Waals surface area (Å²) in [5.41, 5.74) is 3.21. The van der Waals surface area contributed by atoms with Crippen molar-refractivity contribution in [3.05, 3.63) is 70.8 Å². The van der Waals surface area contributed by atoms with Crippen molar-refractivity contribution in [1.29, 1.82) is 0 Å². The Bertz CT molecular complexity index is 1670. The third-order valence-electron chi connectivity index (χ3n) is 6.40. The van der Waals surface area contributed by atoms with Gasteiger partial charge in [-0.05, 0) is 65.1 Å². The van der Waals surface area contributed by atoms with E-state index in [1.165, 1.54) is 53.9 Å². The molecule has 11 heteroatoms. The first-order valence-electron chi connectivity index (χ1n) is 13.5. The van der Waals surface area contributed by atoms with E-state index >= 15 is 0 Å². The number of rotatable bonds is 8. The molecule has 4 rings (SSSR count). The highest BCUT2D eigenvalue weighted by Gasteiger charge is 2.29. The summed E-state index contributed by atoms with van der Waals surface area (Å²) in [4.78, 5) is 59.1. The molecule has 0 spiro atoms. The van der Waals surface area contributed by atoms with E-state index in [2.05, 4.69) is 0 Å². The zero-order valence-corrected chi connectivity index (χ0v) is 25.0. The summed E-state index contributed by atoms with van der Waals surface area (Å²) in [5, 5.41) is 0. The summed E-state index contributed by atoms with van der Waals surface area (Å²) < 4.78 is 32.4. The molecule has 0 N–H and O–H groups in total. The highest BCUT2D eigenvalue weighted by molar-refractivity contribution is 5.92. The molecule has 1 atom stereocenters. The van der Waals surface area contributed by atoms with Crippen LogP contribution in [0.3, 0.4) is 0 Å². The lowest BCUT2D eigenvalue weighted by molar-refractivity contribution is -0.133. The summed E-state index contributed by atoms with van der Waals surface area (Å²) in [7, 11) is 1.45. The first-order valence-corrected chi connectivity index (χ1v) is 13.5. The number of carbonyl (C=O) groups is 5. The van der Waals surface area contributed by atoms with E-state index < -0.39 is 35.8 Å². The lowest BCUT2D eigenvalue weighted by Crippen LogP contribution is -2.15. The molecule has 0 radical (unpaired) electrons. The Labute approximate surface area is 253 Å². The minimum Gasteiger partial charge on any atom is -0.493 e. The van der Waals surface area contributed by atoms with Crippen LogP contribution in [0.4, 0.5) is 0 Å². The average molecular weight is 603 g/mol. The number of fused-ring (bicyclic) bond motifs is 1. The standard InChI is InChI=1S/C33H30O11/c1-17(34)40-25-9-23(10-26(14-25)41-18(2)35)29-16-30-24(11-27(42-19(3)36)15-32(30)44-21(5)38)12-28(29)22-7-8-31(43-20(4)37)33(13-22)39-6/h7-11,13-16,28H,12H2,1-6H3. The van der Waals surface area contributed by atoms with Gasteiger partial charge in [-0.1, -0.05) is 6.07 Å². The van der Waals surface area contributed by atoms with Gasteiger partial charge in [0.25, 0.3) is 0 Å². The van der Waals surface area contributed by atoms with Crippen molar-refractivity contribution in [1.82, 2.24) is 0 Å². The molecule has 228 valence electrons. The maximum atomic E-state index is 12.0. The molecule has 1 aliphatic carbocycles. The number of allylic oxidation sites excluding steroid dienone is 1. The Balaban J connectivity index is 1.98. The van der Waals surface area contributed by atoms with Crippen LogP contribution in [0, 0.1) is 0 Å². The smallest absolute Gasteiger partial charge is 0.308 e. The molecule has 0 saturated heterocycles. The molecule has 0 aliphatic heterocycles. The second-order valence-electron chi connectivity index (χ2n) is 9.92. The van der Waals surface area contributed by atoms with Gasteiger partial charge in [0.1, 0.15) is 23.0 Å². The fourth-order valence-corrected chi connectivity index (χ4v) is 4.95. The molecule has 0 bridgehead atoms. The van der Waals surface area contributed by atoms with Gasteiger partial charge in [-0.25, -0.2) is 0 Å². The van der Waals surface area contributed by atoms with Gasteiger partial charge in [-0.2, -0.15) is 0 Å². The van der Waals surface area contributed by atoms with Crippen LogP contribution in [0.5, 0.6) is 34.5 Å². The van der Waals surface area contributed by atoms with Gasteiger partial charge < -0.3 is 28.4 Å². The van der Waals surface area contributed by atoms with Crippen LogP contribution in [0.15, 0.2) is 48.5 Å². The van der Waals surface area contributed by atoms with E-state index in [0.717, 1.165) is 5.56 Å². The third-order valence-corrected chi connectivity index (χ3v) is 6.40. The second-order valence-corrected chi connectivity index (χ2v) is 9.92. The largest absolute Gasteiger partial charge is 0.493 e. The molecule has 0 saturated carbocycles. The highest BCUT2D eigenvalue weighted by Crippen LogP contribution is 2.47. The maximum absolute atomic E-state index is 12.0. The molecule has 0 fully saturated rings. The molecule has 3 aromatic rings. The van der Waals surface area contributed by atoms with Crippen molar-refractivity contribution in [2.45, 2.75) is 47.0 Å². The highest BCUT2D eigenvalue weighted by atomic mass is 16.6. The zero-order valence-electron chi connectivity index (χ0n) is 25.0. The first-order chi connectivity index (χ1) is 20.8. The molecule has 44 heavy (non-hydrogen) atoms. The van der Waals surface area contributed by atoms with Gasteiger partial charge in [-0.3, -0.25) is 24.0 Å². The van der Waals surface area contributed by atoms with Crippen LogP contribution in [0.1, 0.15) is 62.8 Å². The number of methoxy groups -OCH3 is 1. The first kappa shape index (κ1) is 31.5. The molecular weight excluding hydrogens is 572 g/mol. The number of benzene rings is 3. The Morgan fingerprint density at radius 1 is 0.591 bits per heavy atom. The van der Waals surface area contributed by atoms with Crippen molar-refractivity contribution in [3.63, 3.8) is 0 Å². The quantitative estimate of drug-likeness (QED) is 0.248. The monoisotopic (exact) mass is 602 g/mol. The van der Waals surface area contributed by atoms with Crippen LogP contribution >= 0.6 is 0 Å². The Kier molecular flexibility index (Phi) is 9.47. The predicted molar refractivity (Wildman–Crippen MR) is 157 cm³/mol. The predicted octanol–water partition coefficient (Wildman–Crippen LogP) is 5.20. The molecule has 1 aliphatic rings. The lowest BCUT2D eigenvalue weighted by Gasteiger charge is -2.29. The van der Waals surface area contributed by atoms with Crippen LogP contribution in [0.2, 0.25) is 0 Å². The number of ether oxygens (including phenoxy) is 6. The molecule has 1 unspecified atom stereocenters. The average Bonchev–Trinajstić information content (AvgIpc) is 2.90. The minimum atomic E-state index is -0.580. The Hall–Kier alpha value is -5.45. The van der Waals surface area contributed by atoms with Crippen molar-refractivity contribution in [2.24, 2.45) is 0 Å². The fraction of sp³-hybridized carbons (Fsp3) is 0.242. The summed E-state index contributed by atoms with van der Waals surface area (Å²) in [6.45, 7) is 6.30. The van der Waals surface area contributed by atoms with Gasteiger partial charge in [-0.15, -0.1) is 0 Å².